The number of hydrazine groups is 1. The van der Waals surface area contributed by atoms with Crippen LogP contribution >= 0.6 is 0 Å². The first kappa shape index (κ1) is 11.9. The number of likely N-dealkylation sites (tertiary alicyclic amines) is 1. The maximum Gasteiger partial charge on any atom is 0.272 e. The second-order valence-electron chi connectivity index (χ2n) is 4.57. The molecular formula is C12H18N4O. The quantitative estimate of drug-likeness (QED) is 0.596. The summed E-state index contributed by atoms with van der Waals surface area (Å²) in [6.07, 6.45) is 3.86. The van der Waals surface area contributed by atoms with Crippen LogP contribution in [0.5, 0.6) is 0 Å². The van der Waals surface area contributed by atoms with Gasteiger partial charge in [0.2, 0.25) is 0 Å². The molecule has 1 aromatic heterocycles. The summed E-state index contributed by atoms with van der Waals surface area (Å²) in [5.41, 5.74) is 3.68. The minimum absolute atomic E-state index is 0.00588. The topological polar surface area (TPSA) is 71.2 Å². The summed E-state index contributed by atoms with van der Waals surface area (Å²) in [6.45, 7) is 3.82. The molecule has 0 saturated carbocycles. The maximum absolute atomic E-state index is 12.2. The summed E-state index contributed by atoms with van der Waals surface area (Å²) >= 11 is 0. The molecule has 2 heterocycles. The Balaban J connectivity index is 2.12. The Morgan fingerprint density at radius 3 is 3.18 bits per heavy atom. The number of nitrogens with one attached hydrogen (secondary N) is 1. The van der Waals surface area contributed by atoms with Crippen LogP contribution in [0.25, 0.3) is 0 Å². The van der Waals surface area contributed by atoms with Crippen molar-refractivity contribution < 1.29 is 4.79 Å². The Morgan fingerprint density at radius 1 is 1.65 bits per heavy atom. The van der Waals surface area contributed by atoms with Crippen molar-refractivity contribution in [2.45, 2.75) is 19.8 Å². The van der Waals surface area contributed by atoms with Gasteiger partial charge in [0.25, 0.3) is 5.91 Å². The molecule has 3 N–H and O–H groups in total. The van der Waals surface area contributed by atoms with E-state index in [4.69, 9.17) is 5.84 Å². The van der Waals surface area contributed by atoms with Crippen LogP contribution in [0.4, 0.5) is 5.69 Å². The molecule has 0 spiro atoms. The van der Waals surface area contributed by atoms with Crippen LogP contribution < -0.4 is 11.3 Å². The summed E-state index contributed by atoms with van der Waals surface area (Å²) in [6, 6.07) is 3.41. The molecule has 1 fully saturated rings. The van der Waals surface area contributed by atoms with Crippen LogP contribution in [0, 0.1) is 5.92 Å². The summed E-state index contributed by atoms with van der Waals surface area (Å²) < 4.78 is 0. The normalized spacial score (nSPS) is 20.1. The summed E-state index contributed by atoms with van der Waals surface area (Å²) in [5, 5.41) is 0. The predicted octanol–water partition coefficient (Wildman–Crippen LogP) is 1.24. The molecule has 1 atom stereocenters. The fourth-order valence-electron chi connectivity index (χ4n) is 2.17. The molecule has 5 nitrogen and oxygen atoms in total. The highest BCUT2D eigenvalue weighted by Gasteiger charge is 2.22. The molecule has 1 aromatic rings. The molecule has 17 heavy (non-hydrogen) atoms. The minimum atomic E-state index is -0.00588. The van der Waals surface area contributed by atoms with Crippen molar-refractivity contribution >= 4 is 11.6 Å². The highest BCUT2D eigenvalue weighted by atomic mass is 16.2. The van der Waals surface area contributed by atoms with E-state index < -0.39 is 0 Å². The van der Waals surface area contributed by atoms with E-state index >= 15 is 0 Å². The van der Waals surface area contributed by atoms with Crippen molar-refractivity contribution in [3.8, 4) is 0 Å². The van der Waals surface area contributed by atoms with E-state index in [-0.39, 0.29) is 5.91 Å². The van der Waals surface area contributed by atoms with E-state index in [0.29, 0.717) is 17.3 Å². The summed E-state index contributed by atoms with van der Waals surface area (Å²) in [5.74, 6) is 5.88. The number of anilines is 1. The van der Waals surface area contributed by atoms with Gasteiger partial charge in [-0.3, -0.25) is 15.6 Å². The standard InChI is InChI=1S/C12H18N4O/c1-9-3-2-6-16(8-9)12(17)11-7-10(15-13)4-5-14-11/h4-5,7,9H,2-3,6,8,13H2,1H3,(H,14,15). The van der Waals surface area contributed by atoms with Crippen molar-refractivity contribution in [1.82, 2.24) is 9.88 Å². The van der Waals surface area contributed by atoms with Gasteiger partial charge in [-0.1, -0.05) is 6.92 Å². The van der Waals surface area contributed by atoms with Gasteiger partial charge in [0.1, 0.15) is 5.69 Å². The lowest BCUT2D eigenvalue weighted by molar-refractivity contribution is 0.0677. The van der Waals surface area contributed by atoms with E-state index in [1.807, 2.05) is 4.90 Å². The van der Waals surface area contributed by atoms with Crippen molar-refractivity contribution in [1.29, 1.82) is 0 Å². The zero-order valence-electron chi connectivity index (χ0n) is 10.0. The second-order valence-corrected chi connectivity index (χ2v) is 4.57. The SMILES string of the molecule is CC1CCCN(C(=O)c2cc(NN)ccn2)C1. The molecule has 92 valence electrons. The van der Waals surface area contributed by atoms with Gasteiger partial charge in [0, 0.05) is 19.3 Å². The van der Waals surface area contributed by atoms with E-state index in [9.17, 15) is 4.79 Å². The molecule has 0 radical (unpaired) electrons. The van der Waals surface area contributed by atoms with Gasteiger partial charge in [-0.2, -0.15) is 0 Å². The van der Waals surface area contributed by atoms with E-state index in [2.05, 4.69) is 17.3 Å². The lowest BCUT2D eigenvalue weighted by Gasteiger charge is -2.30. The monoisotopic (exact) mass is 234 g/mol. The number of piperidine rings is 1. The average molecular weight is 234 g/mol. The van der Waals surface area contributed by atoms with Crippen LogP contribution in [0.2, 0.25) is 0 Å². The summed E-state index contributed by atoms with van der Waals surface area (Å²) in [4.78, 5) is 18.2. The molecule has 2 rings (SSSR count). The van der Waals surface area contributed by atoms with Crippen molar-refractivity contribution in [2.24, 2.45) is 11.8 Å². The molecular weight excluding hydrogens is 216 g/mol. The largest absolute Gasteiger partial charge is 0.337 e. The number of carbonyl (C=O) groups excluding carboxylic acids is 1. The Labute approximate surface area is 101 Å². The van der Waals surface area contributed by atoms with Crippen LogP contribution in [0.15, 0.2) is 18.3 Å². The number of aromatic nitrogens is 1. The Kier molecular flexibility index (Phi) is 3.58. The lowest BCUT2D eigenvalue weighted by atomic mass is 10.00. The number of hydrogen-bond acceptors (Lipinski definition) is 4. The molecule has 5 heteroatoms. The Morgan fingerprint density at radius 2 is 2.47 bits per heavy atom. The lowest BCUT2D eigenvalue weighted by Crippen LogP contribution is -2.39. The molecule has 1 saturated heterocycles. The van der Waals surface area contributed by atoms with Crippen molar-refractivity contribution in [3.63, 3.8) is 0 Å². The molecule has 1 aliphatic rings. The second kappa shape index (κ2) is 5.14. The first-order valence-corrected chi connectivity index (χ1v) is 5.92. The van der Waals surface area contributed by atoms with Gasteiger partial charge in [-0.25, -0.2) is 0 Å². The third-order valence-corrected chi connectivity index (χ3v) is 3.09. The Bertz CT molecular complexity index is 407. The molecule has 1 unspecified atom stereocenters. The van der Waals surface area contributed by atoms with E-state index in [1.165, 1.54) is 6.42 Å². The van der Waals surface area contributed by atoms with E-state index in [1.54, 1.807) is 18.3 Å². The number of amides is 1. The maximum atomic E-state index is 12.2. The number of nitrogens with two attached hydrogens (primary N) is 1. The highest BCUT2D eigenvalue weighted by molar-refractivity contribution is 5.93. The molecule has 0 aromatic carbocycles. The van der Waals surface area contributed by atoms with Crippen molar-refractivity contribution in [2.75, 3.05) is 18.5 Å². The fraction of sp³-hybridized carbons (Fsp3) is 0.500. The van der Waals surface area contributed by atoms with Gasteiger partial charge in [-0.15, -0.1) is 0 Å². The minimum Gasteiger partial charge on any atom is -0.337 e. The number of hydrogen-bond donors (Lipinski definition) is 2. The van der Waals surface area contributed by atoms with Crippen LogP contribution in [-0.4, -0.2) is 28.9 Å². The number of pyridine rings is 1. The number of nitrogens with zero attached hydrogens (tertiary/aromatic N) is 2. The zero-order chi connectivity index (χ0) is 12.3. The van der Waals surface area contributed by atoms with Gasteiger partial charge in [0.15, 0.2) is 0 Å². The zero-order valence-corrected chi connectivity index (χ0v) is 10.0. The fourth-order valence-corrected chi connectivity index (χ4v) is 2.17. The van der Waals surface area contributed by atoms with Gasteiger partial charge < -0.3 is 10.3 Å². The number of carbonyl (C=O) groups is 1. The summed E-state index contributed by atoms with van der Waals surface area (Å²) in [7, 11) is 0. The van der Waals surface area contributed by atoms with Crippen LogP contribution in [-0.2, 0) is 0 Å². The number of nitrogen functional groups attached to an aromatic ring is 1. The van der Waals surface area contributed by atoms with Crippen molar-refractivity contribution in [3.05, 3.63) is 24.0 Å². The first-order valence-electron chi connectivity index (χ1n) is 5.92. The predicted molar refractivity (Wildman–Crippen MR) is 66.3 cm³/mol. The molecule has 0 aliphatic carbocycles. The van der Waals surface area contributed by atoms with Crippen LogP contribution in [0.3, 0.4) is 0 Å². The highest BCUT2D eigenvalue weighted by Crippen LogP contribution is 2.18. The van der Waals surface area contributed by atoms with Crippen LogP contribution in [0.1, 0.15) is 30.3 Å². The van der Waals surface area contributed by atoms with Gasteiger partial charge >= 0.3 is 0 Å². The smallest absolute Gasteiger partial charge is 0.272 e. The molecule has 0 bridgehead atoms. The Hall–Kier alpha value is -1.62. The van der Waals surface area contributed by atoms with Gasteiger partial charge in [0.05, 0.1) is 5.69 Å². The first-order chi connectivity index (χ1) is 8.20. The average Bonchev–Trinajstić information content (AvgIpc) is 2.38. The third kappa shape index (κ3) is 2.74. The third-order valence-electron chi connectivity index (χ3n) is 3.09. The molecule has 1 amide bonds. The van der Waals surface area contributed by atoms with Gasteiger partial charge in [-0.05, 0) is 30.9 Å². The number of rotatable bonds is 2. The van der Waals surface area contributed by atoms with E-state index in [0.717, 1.165) is 19.5 Å². The molecule has 1 aliphatic heterocycles.